The van der Waals surface area contributed by atoms with Crippen LogP contribution in [0.1, 0.15) is 5.56 Å². The molecule has 2 rings (SSSR count). The van der Waals surface area contributed by atoms with Crippen LogP contribution in [0.15, 0.2) is 22.8 Å². The Balaban J connectivity index is 2.88. The molecule has 1 heterocycles. The van der Waals surface area contributed by atoms with Gasteiger partial charge in [-0.05, 0) is 22.0 Å². The quantitative estimate of drug-likeness (QED) is 0.873. The van der Waals surface area contributed by atoms with Crippen LogP contribution in [0.5, 0.6) is 0 Å². The van der Waals surface area contributed by atoms with Gasteiger partial charge in [-0.15, -0.1) is 0 Å². The van der Waals surface area contributed by atoms with Crippen LogP contribution in [0.3, 0.4) is 0 Å². The zero-order valence-electron chi connectivity index (χ0n) is 8.38. The fourth-order valence-corrected chi connectivity index (χ4v) is 1.88. The van der Waals surface area contributed by atoms with Gasteiger partial charge in [0.1, 0.15) is 11.9 Å². The number of aromatic nitrogens is 1. The minimum atomic E-state index is -0.369. The molecule has 0 aliphatic rings. The van der Waals surface area contributed by atoms with Gasteiger partial charge in [0.15, 0.2) is 0 Å². The summed E-state index contributed by atoms with van der Waals surface area (Å²) in [7, 11) is 1.72. The second-order valence-electron chi connectivity index (χ2n) is 3.19. The van der Waals surface area contributed by atoms with E-state index in [1.54, 1.807) is 13.1 Å². The third-order valence-electron chi connectivity index (χ3n) is 2.28. The summed E-state index contributed by atoms with van der Waals surface area (Å²) in [5.41, 5.74) is 1.62. The lowest BCUT2D eigenvalue weighted by Crippen LogP contribution is -1.96. The van der Waals surface area contributed by atoms with Crippen LogP contribution in [-0.2, 0) is 0 Å². The average molecular weight is 280 g/mol. The normalized spacial score (nSPS) is 10.1. The Morgan fingerprint density at radius 3 is 2.88 bits per heavy atom. The van der Waals surface area contributed by atoms with Crippen molar-refractivity contribution in [3.8, 4) is 6.07 Å². The molecule has 0 aliphatic carbocycles. The summed E-state index contributed by atoms with van der Waals surface area (Å²) in [6, 6.07) is 4.99. The maximum atomic E-state index is 13.3. The minimum Gasteiger partial charge on any atom is -0.386 e. The van der Waals surface area contributed by atoms with Crippen LogP contribution in [0, 0.1) is 17.1 Å². The lowest BCUT2D eigenvalue weighted by molar-refractivity contribution is 0.623. The van der Waals surface area contributed by atoms with E-state index in [0.29, 0.717) is 21.2 Å². The lowest BCUT2D eigenvalue weighted by Gasteiger charge is -2.08. The Hall–Kier alpha value is -1.67. The van der Waals surface area contributed by atoms with Gasteiger partial charge in [-0.25, -0.2) is 4.39 Å². The molecule has 0 saturated heterocycles. The summed E-state index contributed by atoms with van der Waals surface area (Å²) in [5, 5.41) is 12.6. The number of rotatable bonds is 1. The van der Waals surface area contributed by atoms with Gasteiger partial charge in [0.05, 0.1) is 21.2 Å². The molecule has 0 aliphatic heterocycles. The first-order valence-electron chi connectivity index (χ1n) is 4.53. The molecule has 5 heteroatoms. The Labute approximate surface area is 100 Å². The fourth-order valence-electron chi connectivity index (χ4n) is 1.54. The topological polar surface area (TPSA) is 48.7 Å². The highest BCUT2D eigenvalue weighted by Gasteiger charge is 2.10. The van der Waals surface area contributed by atoms with Gasteiger partial charge in [-0.2, -0.15) is 5.26 Å². The van der Waals surface area contributed by atoms with E-state index in [1.165, 1.54) is 12.3 Å². The molecule has 0 fully saturated rings. The van der Waals surface area contributed by atoms with Crippen LogP contribution in [0.2, 0.25) is 0 Å². The molecule has 1 aromatic carbocycles. The predicted molar refractivity (Wildman–Crippen MR) is 63.7 cm³/mol. The van der Waals surface area contributed by atoms with E-state index in [0.717, 1.165) is 5.39 Å². The van der Waals surface area contributed by atoms with Gasteiger partial charge < -0.3 is 5.32 Å². The SMILES string of the molecule is CNc1c(C#N)cnc2cc(F)c(Br)cc12. The average Bonchev–Trinajstić information content (AvgIpc) is 2.29. The van der Waals surface area contributed by atoms with E-state index in [2.05, 4.69) is 26.2 Å². The Bertz CT molecular complexity index is 604. The van der Waals surface area contributed by atoms with Gasteiger partial charge >= 0.3 is 0 Å². The Morgan fingerprint density at radius 2 is 2.25 bits per heavy atom. The fraction of sp³-hybridized carbons (Fsp3) is 0.0909. The number of benzene rings is 1. The zero-order chi connectivity index (χ0) is 11.7. The molecule has 1 aromatic heterocycles. The number of fused-ring (bicyclic) bond motifs is 1. The smallest absolute Gasteiger partial charge is 0.139 e. The first-order valence-corrected chi connectivity index (χ1v) is 5.32. The van der Waals surface area contributed by atoms with Gasteiger partial charge in [-0.3, -0.25) is 4.98 Å². The summed E-state index contributed by atoms with van der Waals surface area (Å²) in [4.78, 5) is 4.04. The zero-order valence-corrected chi connectivity index (χ0v) is 9.97. The second-order valence-corrected chi connectivity index (χ2v) is 4.05. The molecule has 1 N–H and O–H groups in total. The molecule has 0 spiro atoms. The molecular weight excluding hydrogens is 273 g/mol. The Morgan fingerprint density at radius 1 is 1.50 bits per heavy atom. The maximum absolute atomic E-state index is 13.3. The van der Waals surface area contributed by atoms with E-state index >= 15 is 0 Å². The lowest BCUT2D eigenvalue weighted by atomic mass is 10.1. The minimum absolute atomic E-state index is 0.355. The maximum Gasteiger partial charge on any atom is 0.139 e. The standard InChI is InChI=1S/C11H7BrFN3/c1-15-11-6(4-14)5-16-10-3-9(13)8(12)2-7(10)11/h2-3,5H,1H3,(H,15,16). The molecular formula is C11H7BrFN3. The van der Waals surface area contributed by atoms with Crippen LogP contribution in [-0.4, -0.2) is 12.0 Å². The van der Waals surface area contributed by atoms with Crippen molar-refractivity contribution < 1.29 is 4.39 Å². The van der Waals surface area contributed by atoms with Crippen molar-refractivity contribution in [1.82, 2.24) is 4.98 Å². The monoisotopic (exact) mass is 279 g/mol. The molecule has 3 nitrogen and oxygen atoms in total. The number of hydrogen-bond acceptors (Lipinski definition) is 3. The number of pyridine rings is 1. The van der Waals surface area contributed by atoms with Crippen LogP contribution in [0.25, 0.3) is 10.9 Å². The Kier molecular flexibility index (Phi) is 2.75. The third kappa shape index (κ3) is 1.61. The molecule has 80 valence electrons. The summed E-state index contributed by atoms with van der Waals surface area (Å²) < 4.78 is 13.6. The van der Waals surface area contributed by atoms with E-state index in [4.69, 9.17) is 5.26 Å². The van der Waals surface area contributed by atoms with Crippen molar-refractivity contribution in [2.45, 2.75) is 0 Å². The van der Waals surface area contributed by atoms with Crippen molar-refractivity contribution >= 4 is 32.5 Å². The van der Waals surface area contributed by atoms with Crippen LogP contribution >= 0.6 is 15.9 Å². The molecule has 2 aromatic rings. The molecule has 0 unspecified atom stereocenters. The number of nitriles is 1. The highest BCUT2D eigenvalue weighted by molar-refractivity contribution is 9.10. The van der Waals surface area contributed by atoms with Crippen molar-refractivity contribution in [3.63, 3.8) is 0 Å². The van der Waals surface area contributed by atoms with Gasteiger partial charge in [0, 0.05) is 24.7 Å². The number of halogens is 2. The van der Waals surface area contributed by atoms with Crippen molar-refractivity contribution in [2.75, 3.05) is 12.4 Å². The second kappa shape index (κ2) is 4.06. The molecule has 0 saturated carbocycles. The van der Waals surface area contributed by atoms with E-state index < -0.39 is 0 Å². The third-order valence-corrected chi connectivity index (χ3v) is 2.89. The first kappa shape index (κ1) is 10.8. The van der Waals surface area contributed by atoms with Crippen LogP contribution < -0.4 is 5.32 Å². The van der Waals surface area contributed by atoms with Gasteiger partial charge in [0.25, 0.3) is 0 Å². The molecule has 16 heavy (non-hydrogen) atoms. The molecule has 0 radical (unpaired) electrons. The number of nitrogens with zero attached hydrogens (tertiary/aromatic N) is 2. The highest BCUT2D eigenvalue weighted by Crippen LogP contribution is 2.29. The largest absolute Gasteiger partial charge is 0.386 e. The summed E-state index contributed by atoms with van der Waals surface area (Å²) in [6.45, 7) is 0. The molecule has 0 bridgehead atoms. The first-order chi connectivity index (χ1) is 7.67. The van der Waals surface area contributed by atoms with Gasteiger partial charge in [-0.1, -0.05) is 0 Å². The van der Waals surface area contributed by atoms with Crippen molar-refractivity contribution in [1.29, 1.82) is 5.26 Å². The summed E-state index contributed by atoms with van der Waals surface area (Å²) in [6.07, 6.45) is 1.43. The van der Waals surface area contributed by atoms with E-state index in [-0.39, 0.29) is 5.82 Å². The van der Waals surface area contributed by atoms with Crippen molar-refractivity contribution in [2.24, 2.45) is 0 Å². The highest BCUT2D eigenvalue weighted by atomic mass is 79.9. The molecule has 0 atom stereocenters. The van der Waals surface area contributed by atoms with Gasteiger partial charge in [0.2, 0.25) is 0 Å². The van der Waals surface area contributed by atoms with E-state index in [1.807, 2.05) is 6.07 Å². The number of hydrogen-bond donors (Lipinski definition) is 1. The van der Waals surface area contributed by atoms with Crippen LogP contribution in [0.4, 0.5) is 10.1 Å². The summed E-state index contributed by atoms with van der Waals surface area (Å²) in [5.74, 6) is -0.369. The summed E-state index contributed by atoms with van der Waals surface area (Å²) >= 11 is 3.11. The molecule has 0 amide bonds. The van der Waals surface area contributed by atoms with E-state index in [9.17, 15) is 4.39 Å². The number of anilines is 1. The predicted octanol–water partition coefficient (Wildman–Crippen LogP) is 3.05. The van der Waals surface area contributed by atoms with Crippen molar-refractivity contribution in [3.05, 3.63) is 34.2 Å². The number of nitrogens with one attached hydrogen (secondary N) is 1.